The predicted octanol–water partition coefficient (Wildman–Crippen LogP) is 6.28. The molecule has 1 aliphatic rings. The number of fused-ring (bicyclic) bond motifs is 1. The molecule has 6 nitrogen and oxygen atoms in total. The highest BCUT2D eigenvalue weighted by atomic mass is 35.5. The molecule has 0 atom stereocenters. The maximum absolute atomic E-state index is 12.6. The first kappa shape index (κ1) is 22.9. The topological polar surface area (TPSA) is 72.3 Å². The summed E-state index contributed by atoms with van der Waals surface area (Å²) in [4.78, 5) is 22.2. The number of thioether (sulfide) groups is 1. The molecule has 0 fully saturated rings. The van der Waals surface area contributed by atoms with Crippen LogP contribution in [0.1, 0.15) is 12.0 Å². The van der Waals surface area contributed by atoms with Crippen LogP contribution in [0.5, 0.6) is 11.5 Å². The second-order valence-corrected chi connectivity index (χ2v) is 8.60. The summed E-state index contributed by atoms with van der Waals surface area (Å²) >= 11 is 7.54. The monoisotopic (exact) mass is 479 g/mol. The zero-order valence-corrected chi connectivity index (χ0v) is 19.7. The Morgan fingerprint density at radius 3 is 2.39 bits per heavy atom. The van der Waals surface area contributed by atoms with Gasteiger partial charge in [0, 0.05) is 12.1 Å². The van der Waals surface area contributed by atoms with Crippen molar-refractivity contribution >= 4 is 57.1 Å². The highest BCUT2D eigenvalue weighted by molar-refractivity contribution is 8.14. The molecule has 1 aliphatic heterocycles. The number of hydrogen-bond acceptors (Lipinski definition) is 6. The predicted molar refractivity (Wildman–Crippen MR) is 136 cm³/mol. The lowest BCUT2D eigenvalue weighted by Gasteiger charge is -2.10. The summed E-state index contributed by atoms with van der Waals surface area (Å²) in [5.41, 5.74) is 4.07. The number of halogens is 1. The van der Waals surface area contributed by atoms with E-state index in [0.29, 0.717) is 22.9 Å². The van der Waals surface area contributed by atoms with Crippen LogP contribution in [0.25, 0.3) is 0 Å². The lowest BCUT2D eigenvalue weighted by atomic mass is 10.1. The highest BCUT2D eigenvalue weighted by Crippen LogP contribution is 2.34. The normalized spacial score (nSPS) is 12.7. The zero-order valence-electron chi connectivity index (χ0n) is 18.2. The second-order valence-electron chi connectivity index (χ2n) is 7.14. The van der Waals surface area contributed by atoms with Crippen molar-refractivity contribution in [2.24, 2.45) is 9.98 Å². The quantitative estimate of drug-likeness (QED) is 0.451. The van der Waals surface area contributed by atoms with Crippen molar-refractivity contribution in [2.45, 2.75) is 6.42 Å². The number of para-hydroxylation sites is 2. The minimum atomic E-state index is -0.149. The average Bonchev–Trinajstić information content (AvgIpc) is 3.02. The first-order valence-electron chi connectivity index (χ1n) is 10.2. The summed E-state index contributed by atoms with van der Waals surface area (Å²) in [6.45, 7) is 0. The Balaban J connectivity index is 1.49. The Morgan fingerprint density at radius 1 is 1.00 bits per heavy atom. The van der Waals surface area contributed by atoms with Crippen LogP contribution >= 0.6 is 23.4 Å². The molecule has 0 radical (unpaired) electrons. The van der Waals surface area contributed by atoms with E-state index in [1.807, 2.05) is 48.5 Å². The van der Waals surface area contributed by atoms with Gasteiger partial charge < -0.3 is 14.8 Å². The Labute approximate surface area is 201 Å². The number of carbonyl (C=O) groups is 1. The maximum Gasteiger partial charge on any atom is 0.234 e. The number of carbonyl (C=O) groups excluding carboxylic acids is 1. The summed E-state index contributed by atoms with van der Waals surface area (Å²) < 4.78 is 10.4. The van der Waals surface area contributed by atoms with Crippen LogP contribution in [0.15, 0.2) is 76.7 Å². The average molecular weight is 480 g/mol. The van der Waals surface area contributed by atoms with Crippen LogP contribution in [0.2, 0.25) is 5.02 Å². The largest absolute Gasteiger partial charge is 0.497 e. The molecule has 1 heterocycles. The van der Waals surface area contributed by atoms with E-state index in [9.17, 15) is 4.79 Å². The number of nitrogens with zero attached hydrogens (tertiary/aromatic N) is 2. The lowest BCUT2D eigenvalue weighted by molar-refractivity contribution is -0.113. The van der Waals surface area contributed by atoms with E-state index in [2.05, 4.69) is 5.32 Å². The smallest absolute Gasteiger partial charge is 0.234 e. The fourth-order valence-corrected chi connectivity index (χ4v) is 4.31. The summed E-state index contributed by atoms with van der Waals surface area (Å²) in [7, 11) is 3.19. The van der Waals surface area contributed by atoms with Crippen molar-refractivity contribution in [1.29, 1.82) is 0 Å². The molecule has 0 saturated carbocycles. The van der Waals surface area contributed by atoms with Gasteiger partial charge in [-0.1, -0.05) is 23.7 Å². The standard InChI is InChI=1S/C25H22ClN3O3S/c1-31-18-10-7-16(8-11-18)22-14-25(29-21-6-4-3-5-20(21)28-22)33-15-24(30)27-17-9-12-23(32-2)19(26)13-17/h3-13H,14-15H2,1-2H3,(H,27,30). The molecule has 0 unspecified atom stereocenters. The first-order chi connectivity index (χ1) is 16.1. The van der Waals surface area contributed by atoms with Crippen LogP contribution in [-0.4, -0.2) is 36.6 Å². The van der Waals surface area contributed by atoms with Gasteiger partial charge >= 0.3 is 0 Å². The third-order valence-corrected chi connectivity index (χ3v) is 6.20. The van der Waals surface area contributed by atoms with Crippen LogP contribution in [0.4, 0.5) is 17.1 Å². The first-order valence-corrected chi connectivity index (χ1v) is 11.6. The van der Waals surface area contributed by atoms with Gasteiger partial charge in [-0.15, -0.1) is 11.8 Å². The van der Waals surface area contributed by atoms with Crippen LogP contribution in [0, 0.1) is 0 Å². The minimum absolute atomic E-state index is 0.149. The third-order valence-electron chi connectivity index (χ3n) is 4.93. The Bertz CT molecular complexity index is 1230. The molecule has 168 valence electrons. The number of ether oxygens (including phenoxy) is 2. The fourth-order valence-electron chi connectivity index (χ4n) is 3.28. The number of benzene rings is 3. The molecule has 3 aromatic carbocycles. The molecule has 0 aliphatic carbocycles. The molecule has 0 bridgehead atoms. The highest BCUT2D eigenvalue weighted by Gasteiger charge is 2.17. The van der Waals surface area contributed by atoms with Crippen LogP contribution < -0.4 is 14.8 Å². The van der Waals surface area contributed by atoms with Crippen molar-refractivity contribution < 1.29 is 14.3 Å². The molecule has 1 N–H and O–H groups in total. The zero-order chi connectivity index (χ0) is 23.2. The number of rotatable bonds is 6. The number of aliphatic imine (C=N–C) groups is 2. The van der Waals surface area contributed by atoms with E-state index in [1.54, 1.807) is 32.4 Å². The van der Waals surface area contributed by atoms with Gasteiger partial charge in [0.25, 0.3) is 0 Å². The molecule has 4 rings (SSSR count). The van der Waals surface area contributed by atoms with E-state index >= 15 is 0 Å². The number of anilines is 1. The molecule has 1 amide bonds. The van der Waals surface area contributed by atoms with Gasteiger partial charge in [-0.3, -0.25) is 9.79 Å². The Morgan fingerprint density at radius 2 is 1.73 bits per heavy atom. The van der Waals surface area contributed by atoms with Gasteiger partial charge in [0.05, 0.1) is 47.1 Å². The number of nitrogens with one attached hydrogen (secondary N) is 1. The van der Waals surface area contributed by atoms with Gasteiger partial charge in [-0.25, -0.2) is 4.99 Å². The Kier molecular flexibility index (Phi) is 7.32. The van der Waals surface area contributed by atoms with Crippen LogP contribution in [0.3, 0.4) is 0 Å². The number of methoxy groups -OCH3 is 2. The summed E-state index contributed by atoms with van der Waals surface area (Å²) in [5, 5.41) is 4.12. The summed E-state index contributed by atoms with van der Waals surface area (Å²) in [6.07, 6.45) is 0.521. The Hall–Kier alpha value is -3.29. The van der Waals surface area contributed by atoms with E-state index in [-0.39, 0.29) is 11.7 Å². The SMILES string of the molecule is COc1ccc(C2=Nc3ccccc3N=C(SCC(=O)Nc3ccc(OC)c(Cl)c3)C2)cc1. The molecule has 0 saturated heterocycles. The van der Waals surface area contributed by atoms with Crippen molar-refractivity contribution in [3.63, 3.8) is 0 Å². The molecule has 0 spiro atoms. The van der Waals surface area contributed by atoms with Gasteiger partial charge in [-0.2, -0.15) is 0 Å². The molecular weight excluding hydrogens is 458 g/mol. The van der Waals surface area contributed by atoms with E-state index in [4.69, 9.17) is 31.1 Å². The van der Waals surface area contributed by atoms with Gasteiger partial charge in [0.1, 0.15) is 11.5 Å². The fraction of sp³-hybridized carbons (Fsp3) is 0.160. The van der Waals surface area contributed by atoms with Crippen molar-refractivity contribution in [2.75, 3.05) is 25.3 Å². The molecule has 8 heteroatoms. The summed E-state index contributed by atoms with van der Waals surface area (Å²) in [6, 6.07) is 20.6. The van der Waals surface area contributed by atoms with E-state index in [1.165, 1.54) is 11.8 Å². The molecular formula is C25H22ClN3O3S. The number of hydrogen-bond donors (Lipinski definition) is 1. The minimum Gasteiger partial charge on any atom is -0.497 e. The van der Waals surface area contributed by atoms with Gasteiger partial charge in [0.2, 0.25) is 5.91 Å². The van der Waals surface area contributed by atoms with Crippen molar-refractivity contribution in [3.8, 4) is 11.5 Å². The second kappa shape index (κ2) is 10.6. The number of amides is 1. The molecule has 3 aromatic rings. The lowest BCUT2D eigenvalue weighted by Crippen LogP contribution is -2.16. The maximum atomic E-state index is 12.6. The third kappa shape index (κ3) is 5.74. The van der Waals surface area contributed by atoms with Gasteiger partial charge in [-0.05, 0) is 60.2 Å². The van der Waals surface area contributed by atoms with E-state index in [0.717, 1.165) is 33.4 Å². The molecule has 33 heavy (non-hydrogen) atoms. The van der Waals surface area contributed by atoms with E-state index < -0.39 is 0 Å². The molecule has 0 aromatic heterocycles. The summed E-state index contributed by atoms with van der Waals surface area (Å²) in [5.74, 6) is 1.40. The van der Waals surface area contributed by atoms with Crippen LogP contribution in [-0.2, 0) is 4.79 Å². The van der Waals surface area contributed by atoms with Gasteiger partial charge in [0.15, 0.2) is 0 Å². The van der Waals surface area contributed by atoms with Crippen molar-refractivity contribution in [1.82, 2.24) is 0 Å². The van der Waals surface area contributed by atoms with Crippen molar-refractivity contribution in [3.05, 3.63) is 77.3 Å².